The Bertz CT molecular complexity index is 607. The lowest BCUT2D eigenvalue weighted by atomic mass is 9.95. The van der Waals surface area contributed by atoms with Crippen LogP contribution in [0.15, 0.2) is 42.5 Å². The molecule has 1 N–H and O–H groups in total. The number of aromatic nitrogens is 3. The van der Waals surface area contributed by atoms with E-state index in [1.807, 2.05) is 24.3 Å². The molecule has 1 fully saturated rings. The molecule has 1 aliphatic rings. The quantitative estimate of drug-likeness (QED) is 0.945. The van der Waals surface area contributed by atoms with Gasteiger partial charge in [0.25, 0.3) is 0 Å². The second-order valence-corrected chi connectivity index (χ2v) is 5.64. The van der Waals surface area contributed by atoms with Crippen LogP contribution in [-0.4, -0.2) is 25.5 Å². The molecule has 0 radical (unpaired) electrons. The van der Waals surface area contributed by atoms with E-state index >= 15 is 0 Å². The minimum Gasteiger partial charge on any atom is -0.384 e. The monoisotopic (exact) mass is 289 g/mol. The van der Waals surface area contributed by atoms with Crippen molar-refractivity contribution >= 4 is 17.7 Å². The van der Waals surface area contributed by atoms with Crippen LogP contribution < -0.4 is 0 Å². The molecule has 1 saturated carbocycles. The van der Waals surface area contributed by atoms with Crippen LogP contribution in [0.4, 0.5) is 0 Å². The summed E-state index contributed by atoms with van der Waals surface area (Å²) in [5.74, 6) is 0. The van der Waals surface area contributed by atoms with E-state index in [1.54, 1.807) is 11.0 Å². The summed E-state index contributed by atoms with van der Waals surface area (Å²) in [6.07, 6.45) is 7.84. The van der Waals surface area contributed by atoms with Gasteiger partial charge in [-0.25, -0.2) is 9.67 Å². The van der Waals surface area contributed by atoms with E-state index in [0.29, 0.717) is 6.54 Å². The SMILES string of the molecule is OC1(Cn2cncn2)CCC/C1=C/c1ccc(Cl)cc1. The Labute approximate surface area is 122 Å². The third-order valence-electron chi connectivity index (χ3n) is 3.74. The molecule has 2 aromatic rings. The highest BCUT2D eigenvalue weighted by molar-refractivity contribution is 6.30. The first-order chi connectivity index (χ1) is 9.66. The summed E-state index contributed by atoms with van der Waals surface area (Å²) < 4.78 is 1.68. The molecule has 1 aliphatic carbocycles. The minimum absolute atomic E-state index is 0.451. The zero-order valence-electron chi connectivity index (χ0n) is 11.0. The molecule has 1 aromatic heterocycles. The average Bonchev–Trinajstić information content (AvgIpc) is 3.04. The summed E-state index contributed by atoms with van der Waals surface area (Å²) in [5, 5.41) is 15.7. The van der Waals surface area contributed by atoms with E-state index in [-0.39, 0.29) is 0 Å². The van der Waals surface area contributed by atoms with Crippen molar-refractivity contribution in [1.29, 1.82) is 0 Å². The standard InChI is InChI=1S/C15H16ClN3O/c16-14-5-3-12(4-6-14)8-13-2-1-7-15(13,20)9-19-11-17-10-18-19/h3-6,8,10-11,20H,1-2,7,9H2/b13-8-. The molecular weight excluding hydrogens is 274 g/mol. The van der Waals surface area contributed by atoms with Crippen LogP contribution in [0.1, 0.15) is 24.8 Å². The van der Waals surface area contributed by atoms with E-state index in [4.69, 9.17) is 11.6 Å². The molecule has 0 spiro atoms. The Morgan fingerprint density at radius 1 is 1.35 bits per heavy atom. The van der Waals surface area contributed by atoms with Crippen molar-refractivity contribution in [1.82, 2.24) is 14.8 Å². The normalized spacial score (nSPS) is 24.4. The molecule has 0 saturated heterocycles. The van der Waals surface area contributed by atoms with Crippen molar-refractivity contribution in [3.63, 3.8) is 0 Å². The first kappa shape index (κ1) is 13.3. The maximum Gasteiger partial charge on any atom is 0.137 e. The van der Waals surface area contributed by atoms with Crippen LogP contribution >= 0.6 is 11.6 Å². The largest absolute Gasteiger partial charge is 0.384 e. The number of benzene rings is 1. The van der Waals surface area contributed by atoms with Gasteiger partial charge >= 0.3 is 0 Å². The lowest BCUT2D eigenvalue weighted by molar-refractivity contribution is 0.0632. The summed E-state index contributed by atoms with van der Waals surface area (Å²) in [6, 6.07) is 7.64. The number of rotatable bonds is 3. The Kier molecular flexibility index (Phi) is 3.59. The molecule has 0 bridgehead atoms. The fourth-order valence-electron chi connectivity index (χ4n) is 2.69. The first-order valence-corrected chi connectivity index (χ1v) is 7.05. The summed E-state index contributed by atoms with van der Waals surface area (Å²) in [7, 11) is 0. The van der Waals surface area contributed by atoms with Gasteiger partial charge in [0.1, 0.15) is 18.3 Å². The molecule has 3 rings (SSSR count). The number of nitrogens with zero attached hydrogens (tertiary/aromatic N) is 3. The summed E-state index contributed by atoms with van der Waals surface area (Å²) in [5.41, 5.74) is 1.28. The third kappa shape index (κ3) is 2.76. The van der Waals surface area contributed by atoms with E-state index in [1.165, 1.54) is 6.33 Å². The van der Waals surface area contributed by atoms with Crippen LogP contribution in [0.25, 0.3) is 6.08 Å². The smallest absolute Gasteiger partial charge is 0.137 e. The molecule has 1 atom stereocenters. The maximum atomic E-state index is 10.9. The molecule has 0 amide bonds. The van der Waals surface area contributed by atoms with E-state index in [9.17, 15) is 5.11 Å². The fourth-order valence-corrected chi connectivity index (χ4v) is 2.82. The van der Waals surface area contributed by atoms with Gasteiger partial charge in [-0.3, -0.25) is 0 Å². The van der Waals surface area contributed by atoms with Crippen molar-refractivity contribution < 1.29 is 5.11 Å². The van der Waals surface area contributed by atoms with Crippen molar-refractivity contribution in [3.05, 3.63) is 53.1 Å². The van der Waals surface area contributed by atoms with Gasteiger partial charge < -0.3 is 5.11 Å². The van der Waals surface area contributed by atoms with E-state index in [2.05, 4.69) is 16.2 Å². The Balaban J connectivity index is 1.85. The predicted molar refractivity (Wildman–Crippen MR) is 78.3 cm³/mol. The summed E-state index contributed by atoms with van der Waals surface area (Å²) in [6.45, 7) is 0.451. The van der Waals surface area contributed by atoms with Gasteiger partial charge in [0.15, 0.2) is 0 Å². The van der Waals surface area contributed by atoms with Crippen LogP contribution in [0.2, 0.25) is 5.02 Å². The van der Waals surface area contributed by atoms with Gasteiger partial charge in [-0.1, -0.05) is 29.8 Å². The topological polar surface area (TPSA) is 50.9 Å². The van der Waals surface area contributed by atoms with E-state index in [0.717, 1.165) is 35.4 Å². The van der Waals surface area contributed by atoms with Crippen LogP contribution in [0.5, 0.6) is 0 Å². The average molecular weight is 290 g/mol. The van der Waals surface area contributed by atoms with Gasteiger partial charge in [0, 0.05) is 5.02 Å². The molecule has 1 unspecified atom stereocenters. The molecule has 0 aliphatic heterocycles. The molecule has 1 heterocycles. The van der Waals surface area contributed by atoms with Gasteiger partial charge in [-0.15, -0.1) is 0 Å². The minimum atomic E-state index is -0.826. The second-order valence-electron chi connectivity index (χ2n) is 5.20. The number of halogens is 1. The highest BCUT2D eigenvalue weighted by Crippen LogP contribution is 2.37. The molecule has 1 aromatic carbocycles. The van der Waals surface area contributed by atoms with Crippen LogP contribution in [0.3, 0.4) is 0 Å². The maximum absolute atomic E-state index is 10.9. The second kappa shape index (κ2) is 5.38. The van der Waals surface area contributed by atoms with Crippen LogP contribution in [-0.2, 0) is 6.54 Å². The predicted octanol–water partition coefficient (Wildman–Crippen LogP) is 2.93. The molecule has 4 nitrogen and oxygen atoms in total. The van der Waals surface area contributed by atoms with Crippen molar-refractivity contribution in [2.24, 2.45) is 0 Å². The fraction of sp³-hybridized carbons (Fsp3) is 0.333. The number of hydrogen-bond donors (Lipinski definition) is 1. The summed E-state index contributed by atoms with van der Waals surface area (Å²) >= 11 is 5.89. The van der Waals surface area contributed by atoms with Crippen molar-refractivity contribution in [2.45, 2.75) is 31.4 Å². The Morgan fingerprint density at radius 3 is 2.85 bits per heavy atom. The highest BCUT2D eigenvalue weighted by Gasteiger charge is 2.36. The van der Waals surface area contributed by atoms with Gasteiger partial charge in [0.05, 0.1) is 6.54 Å². The Hall–Kier alpha value is -1.65. The highest BCUT2D eigenvalue weighted by atomic mass is 35.5. The van der Waals surface area contributed by atoms with Crippen molar-refractivity contribution in [2.75, 3.05) is 0 Å². The van der Waals surface area contributed by atoms with E-state index < -0.39 is 5.60 Å². The molecule has 5 heteroatoms. The van der Waals surface area contributed by atoms with Gasteiger partial charge in [-0.05, 0) is 42.5 Å². The molecule has 104 valence electrons. The molecular formula is C15H16ClN3O. The lowest BCUT2D eigenvalue weighted by Crippen LogP contribution is -2.32. The number of aliphatic hydroxyl groups is 1. The molecule has 20 heavy (non-hydrogen) atoms. The summed E-state index contributed by atoms with van der Waals surface area (Å²) in [4.78, 5) is 3.92. The zero-order chi connectivity index (χ0) is 14.0. The van der Waals surface area contributed by atoms with Gasteiger partial charge in [0.2, 0.25) is 0 Å². The lowest BCUT2D eigenvalue weighted by Gasteiger charge is -2.24. The number of hydrogen-bond acceptors (Lipinski definition) is 3. The first-order valence-electron chi connectivity index (χ1n) is 6.67. The Morgan fingerprint density at radius 2 is 2.15 bits per heavy atom. The van der Waals surface area contributed by atoms with Gasteiger partial charge in [-0.2, -0.15) is 5.10 Å². The van der Waals surface area contributed by atoms with Crippen LogP contribution in [0, 0.1) is 0 Å². The third-order valence-corrected chi connectivity index (χ3v) is 3.99. The zero-order valence-corrected chi connectivity index (χ0v) is 11.8. The van der Waals surface area contributed by atoms with Crippen molar-refractivity contribution in [3.8, 4) is 0 Å².